The normalized spacial score (nSPS) is 11.8. The lowest BCUT2D eigenvalue weighted by Crippen LogP contribution is -2.28. The maximum absolute atomic E-state index is 12.8. The number of hydrogen-bond donors (Lipinski definition) is 0. The summed E-state index contributed by atoms with van der Waals surface area (Å²) in [5.41, 5.74) is 3.00. The molecule has 26 heavy (non-hydrogen) atoms. The van der Waals surface area contributed by atoms with Crippen LogP contribution in [0.25, 0.3) is 0 Å². The molecule has 3 rings (SSSR count). The summed E-state index contributed by atoms with van der Waals surface area (Å²) in [6, 6.07) is 19.6. The van der Waals surface area contributed by atoms with E-state index < -0.39 is 0 Å². The van der Waals surface area contributed by atoms with E-state index in [9.17, 15) is 4.79 Å². The molecule has 0 aliphatic carbocycles. The number of aromatic nitrogens is 2. The first-order valence-corrected chi connectivity index (χ1v) is 8.80. The summed E-state index contributed by atoms with van der Waals surface area (Å²) in [4.78, 5) is 22.6. The van der Waals surface area contributed by atoms with Crippen LogP contribution < -0.4 is 0 Å². The summed E-state index contributed by atoms with van der Waals surface area (Å²) >= 11 is 6.02. The highest BCUT2D eigenvalue weighted by Gasteiger charge is 2.20. The zero-order valence-electron chi connectivity index (χ0n) is 14.5. The predicted molar refractivity (Wildman–Crippen MR) is 103 cm³/mol. The largest absolute Gasteiger partial charge is 0.340 e. The van der Waals surface area contributed by atoms with Crippen molar-refractivity contribution in [3.8, 4) is 0 Å². The number of nitrogens with zero attached hydrogens (tertiary/aromatic N) is 3. The fourth-order valence-corrected chi connectivity index (χ4v) is 3.01. The van der Waals surface area contributed by atoms with Gasteiger partial charge >= 0.3 is 0 Å². The standard InChI is InChI=1S/C21H20ClN3O/c1-25(14-19-11-12-23-15-24-19)21(26)13-20(16-5-3-2-4-6-16)17-7-9-18(22)10-8-17/h2-12,15,20H,13-14H2,1H3. The molecule has 0 saturated carbocycles. The van der Waals surface area contributed by atoms with Gasteiger partial charge in [0.25, 0.3) is 0 Å². The third-order valence-corrected chi connectivity index (χ3v) is 4.57. The van der Waals surface area contributed by atoms with Gasteiger partial charge in [0, 0.05) is 30.6 Å². The Labute approximate surface area is 158 Å². The van der Waals surface area contributed by atoms with Crippen molar-refractivity contribution in [1.29, 1.82) is 0 Å². The van der Waals surface area contributed by atoms with Crippen LogP contribution in [0.4, 0.5) is 0 Å². The fourth-order valence-electron chi connectivity index (χ4n) is 2.88. The van der Waals surface area contributed by atoms with Crippen molar-refractivity contribution in [2.24, 2.45) is 0 Å². The highest BCUT2D eigenvalue weighted by molar-refractivity contribution is 6.30. The Hall–Kier alpha value is -2.72. The molecule has 1 unspecified atom stereocenters. The average Bonchev–Trinajstić information content (AvgIpc) is 2.68. The van der Waals surface area contributed by atoms with Crippen LogP contribution in [0.1, 0.15) is 29.2 Å². The molecule has 1 aromatic heterocycles. The van der Waals surface area contributed by atoms with E-state index in [-0.39, 0.29) is 11.8 Å². The number of carbonyl (C=O) groups is 1. The molecule has 2 aromatic carbocycles. The quantitative estimate of drug-likeness (QED) is 0.653. The number of amides is 1. The van der Waals surface area contributed by atoms with Gasteiger partial charge in [-0.25, -0.2) is 9.97 Å². The van der Waals surface area contributed by atoms with Gasteiger partial charge in [0.1, 0.15) is 6.33 Å². The number of benzene rings is 2. The van der Waals surface area contributed by atoms with Crippen molar-refractivity contribution in [2.45, 2.75) is 18.9 Å². The summed E-state index contributed by atoms with van der Waals surface area (Å²) in [5.74, 6) is 0.0428. The van der Waals surface area contributed by atoms with Crippen LogP contribution in [0.5, 0.6) is 0 Å². The van der Waals surface area contributed by atoms with E-state index in [2.05, 4.69) is 22.1 Å². The van der Waals surface area contributed by atoms with Gasteiger partial charge in [0.2, 0.25) is 5.91 Å². The van der Waals surface area contributed by atoms with Crippen LogP contribution in [-0.4, -0.2) is 27.8 Å². The maximum atomic E-state index is 12.8. The van der Waals surface area contributed by atoms with Crippen molar-refractivity contribution in [3.63, 3.8) is 0 Å². The Morgan fingerprint density at radius 3 is 2.38 bits per heavy atom. The lowest BCUT2D eigenvalue weighted by atomic mass is 9.88. The second kappa shape index (κ2) is 8.59. The highest BCUT2D eigenvalue weighted by atomic mass is 35.5. The van der Waals surface area contributed by atoms with Gasteiger partial charge in [-0.15, -0.1) is 0 Å². The van der Waals surface area contributed by atoms with Gasteiger partial charge < -0.3 is 4.90 Å². The van der Waals surface area contributed by atoms with Crippen LogP contribution in [0, 0.1) is 0 Å². The zero-order valence-corrected chi connectivity index (χ0v) is 15.3. The van der Waals surface area contributed by atoms with Gasteiger partial charge in [-0.05, 0) is 29.3 Å². The Morgan fingerprint density at radius 1 is 1.04 bits per heavy atom. The van der Waals surface area contributed by atoms with E-state index in [4.69, 9.17) is 11.6 Å². The molecule has 132 valence electrons. The third kappa shape index (κ3) is 4.67. The van der Waals surface area contributed by atoms with Crippen LogP contribution in [-0.2, 0) is 11.3 Å². The van der Waals surface area contributed by atoms with Gasteiger partial charge in [-0.3, -0.25) is 4.79 Å². The van der Waals surface area contributed by atoms with Crippen LogP contribution in [0.15, 0.2) is 73.2 Å². The van der Waals surface area contributed by atoms with E-state index in [0.717, 1.165) is 16.8 Å². The molecule has 0 bridgehead atoms. The minimum atomic E-state index is -0.0196. The molecule has 0 aliphatic rings. The molecule has 5 heteroatoms. The molecular formula is C21H20ClN3O. The van der Waals surface area contributed by atoms with Crippen molar-refractivity contribution in [3.05, 3.63) is 95.0 Å². The van der Waals surface area contributed by atoms with Crippen molar-refractivity contribution >= 4 is 17.5 Å². The van der Waals surface area contributed by atoms with E-state index in [1.165, 1.54) is 6.33 Å². The van der Waals surface area contributed by atoms with E-state index in [1.807, 2.05) is 48.5 Å². The van der Waals surface area contributed by atoms with Gasteiger partial charge in [-0.1, -0.05) is 54.1 Å². The minimum absolute atomic E-state index is 0.0196. The summed E-state index contributed by atoms with van der Waals surface area (Å²) in [6.07, 6.45) is 3.56. The Kier molecular flexibility index (Phi) is 5.97. The first-order chi connectivity index (χ1) is 12.6. The lowest BCUT2D eigenvalue weighted by Gasteiger charge is -2.22. The summed E-state index contributed by atoms with van der Waals surface area (Å²) in [6.45, 7) is 0.462. The number of hydrogen-bond acceptors (Lipinski definition) is 3. The molecule has 3 aromatic rings. The topological polar surface area (TPSA) is 46.1 Å². The smallest absolute Gasteiger partial charge is 0.223 e. The molecule has 0 radical (unpaired) electrons. The number of carbonyl (C=O) groups excluding carboxylic acids is 1. The van der Waals surface area contributed by atoms with Gasteiger partial charge in [0.15, 0.2) is 0 Å². The molecule has 0 N–H and O–H groups in total. The van der Waals surface area contributed by atoms with Crippen LogP contribution in [0.2, 0.25) is 5.02 Å². The minimum Gasteiger partial charge on any atom is -0.340 e. The summed E-state index contributed by atoms with van der Waals surface area (Å²) in [5, 5.41) is 0.688. The maximum Gasteiger partial charge on any atom is 0.223 e. The highest BCUT2D eigenvalue weighted by Crippen LogP contribution is 2.29. The molecule has 1 atom stereocenters. The van der Waals surface area contributed by atoms with E-state index >= 15 is 0 Å². The third-order valence-electron chi connectivity index (χ3n) is 4.32. The lowest BCUT2D eigenvalue weighted by molar-refractivity contribution is -0.130. The van der Waals surface area contributed by atoms with Crippen molar-refractivity contribution in [1.82, 2.24) is 14.9 Å². The van der Waals surface area contributed by atoms with Crippen molar-refractivity contribution < 1.29 is 4.79 Å². The average molecular weight is 366 g/mol. The molecule has 4 nitrogen and oxygen atoms in total. The Bertz CT molecular complexity index is 838. The predicted octanol–water partition coefficient (Wildman–Crippen LogP) is 4.31. The second-order valence-electron chi connectivity index (χ2n) is 6.17. The SMILES string of the molecule is CN(Cc1ccncn1)C(=O)CC(c1ccccc1)c1ccc(Cl)cc1. The second-order valence-corrected chi connectivity index (χ2v) is 6.61. The molecule has 0 aliphatic heterocycles. The molecule has 0 fully saturated rings. The molecule has 0 saturated heterocycles. The molecule has 1 heterocycles. The van der Waals surface area contributed by atoms with Gasteiger partial charge in [-0.2, -0.15) is 0 Å². The monoisotopic (exact) mass is 365 g/mol. The van der Waals surface area contributed by atoms with Crippen LogP contribution >= 0.6 is 11.6 Å². The molecule has 0 spiro atoms. The van der Waals surface area contributed by atoms with E-state index in [1.54, 1.807) is 18.1 Å². The fraction of sp³-hybridized carbons (Fsp3) is 0.190. The summed E-state index contributed by atoms with van der Waals surface area (Å²) < 4.78 is 0. The Balaban J connectivity index is 1.79. The van der Waals surface area contributed by atoms with Gasteiger partial charge in [0.05, 0.1) is 12.2 Å². The first kappa shape index (κ1) is 18.1. The van der Waals surface area contributed by atoms with Crippen molar-refractivity contribution in [2.75, 3.05) is 7.05 Å². The molecular weight excluding hydrogens is 346 g/mol. The summed E-state index contributed by atoms with van der Waals surface area (Å²) in [7, 11) is 1.80. The van der Waals surface area contributed by atoms with Crippen LogP contribution in [0.3, 0.4) is 0 Å². The number of rotatable bonds is 6. The number of halogens is 1. The zero-order chi connectivity index (χ0) is 18.4. The first-order valence-electron chi connectivity index (χ1n) is 8.43. The molecule has 1 amide bonds. The Morgan fingerprint density at radius 2 is 1.73 bits per heavy atom. The van der Waals surface area contributed by atoms with E-state index in [0.29, 0.717) is 18.0 Å².